The Morgan fingerprint density at radius 3 is 2.51 bits per heavy atom. The molecule has 2 fully saturated rings. The number of non-ortho nitro benzene ring substituents is 1. The van der Waals surface area contributed by atoms with Crippen molar-refractivity contribution in [2.75, 3.05) is 46.5 Å². The lowest BCUT2D eigenvalue weighted by atomic mass is 9.95. The van der Waals surface area contributed by atoms with E-state index in [4.69, 9.17) is 9.47 Å². The first kappa shape index (κ1) is 24.4. The van der Waals surface area contributed by atoms with Crippen molar-refractivity contribution >= 4 is 23.1 Å². The average Bonchev–Trinajstić information content (AvgIpc) is 3.14. The number of ether oxygens (including phenoxy) is 2. The summed E-state index contributed by atoms with van der Waals surface area (Å²) in [7, 11) is 1.51. The molecule has 2 aromatic carbocycles. The van der Waals surface area contributed by atoms with Crippen LogP contribution in [-0.2, 0) is 14.3 Å². The largest absolute Gasteiger partial charge is 0.507 e. The lowest BCUT2D eigenvalue weighted by Crippen LogP contribution is -2.39. The molecule has 2 heterocycles. The number of ketones is 1. The van der Waals surface area contributed by atoms with Crippen LogP contribution >= 0.6 is 0 Å². The summed E-state index contributed by atoms with van der Waals surface area (Å²) in [6.07, 6.45) is 0.598. The van der Waals surface area contributed by atoms with Crippen LogP contribution in [0.25, 0.3) is 5.76 Å². The van der Waals surface area contributed by atoms with Gasteiger partial charge >= 0.3 is 0 Å². The number of morpholine rings is 1. The lowest BCUT2D eigenvalue weighted by Gasteiger charge is -2.29. The second-order valence-corrected chi connectivity index (χ2v) is 8.38. The smallest absolute Gasteiger partial charge is 0.295 e. The predicted octanol–water partition coefficient (Wildman–Crippen LogP) is 2.75. The van der Waals surface area contributed by atoms with Crippen LogP contribution in [0.1, 0.15) is 23.6 Å². The number of rotatable bonds is 8. The Morgan fingerprint density at radius 2 is 1.86 bits per heavy atom. The molecule has 0 spiro atoms. The molecular weight excluding hydrogens is 454 g/mol. The molecule has 0 radical (unpaired) electrons. The zero-order chi connectivity index (χ0) is 24.9. The van der Waals surface area contributed by atoms with Gasteiger partial charge in [-0.2, -0.15) is 0 Å². The van der Waals surface area contributed by atoms with Gasteiger partial charge in [-0.25, -0.2) is 0 Å². The average molecular weight is 482 g/mol. The van der Waals surface area contributed by atoms with Gasteiger partial charge in [0.25, 0.3) is 17.4 Å². The molecule has 0 aromatic heterocycles. The van der Waals surface area contributed by atoms with Gasteiger partial charge in [0, 0.05) is 43.9 Å². The van der Waals surface area contributed by atoms with Crippen molar-refractivity contribution in [1.29, 1.82) is 0 Å². The van der Waals surface area contributed by atoms with E-state index in [0.717, 1.165) is 13.1 Å². The van der Waals surface area contributed by atoms with Crippen LogP contribution in [0.3, 0.4) is 0 Å². The number of nitro benzene ring substituents is 1. The second-order valence-electron chi connectivity index (χ2n) is 8.38. The SMILES string of the molecule is COc1ccc(C(O)=C2C(=O)C(=O)N(CCCN3CCOCC3)C2c2cccc([N+](=O)[O-])c2)cc1. The summed E-state index contributed by atoms with van der Waals surface area (Å²) in [5, 5.41) is 22.5. The number of amides is 1. The highest BCUT2D eigenvalue weighted by Crippen LogP contribution is 2.40. The third-order valence-electron chi connectivity index (χ3n) is 6.28. The van der Waals surface area contributed by atoms with Crippen LogP contribution in [0.4, 0.5) is 5.69 Å². The van der Waals surface area contributed by atoms with E-state index in [2.05, 4.69) is 4.90 Å². The standard InChI is InChI=1S/C25H27N3O7/c1-34-20-8-6-17(7-9-20)23(29)21-22(18-4-2-5-19(16-18)28(32)33)27(25(31)24(21)30)11-3-10-26-12-14-35-15-13-26/h2,4-9,16,22,29H,3,10-15H2,1H3. The molecule has 4 rings (SSSR count). The van der Waals surface area contributed by atoms with E-state index < -0.39 is 22.7 Å². The number of likely N-dealkylation sites (tertiary alicyclic amines) is 1. The number of nitro groups is 1. The number of carbonyl (C=O) groups excluding carboxylic acids is 2. The highest BCUT2D eigenvalue weighted by molar-refractivity contribution is 6.46. The molecule has 0 bridgehead atoms. The van der Waals surface area contributed by atoms with Crippen LogP contribution in [0.2, 0.25) is 0 Å². The van der Waals surface area contributed by atoms with Crippen molar-refractivity contribution in [3.8, 4) is 5.75 Å². The Morgan fingerprint density at radius 1 is 1.14 bits per heavy atom. The van der Waals surface area contributed by atoms with Crippen molar-refractivity contribution in [3.63, 3.8) is 0 Å². The minimum absolute atomic E-state index is 0.0907. The van der Waals surface area contributed by atoms with E-state index in [1.165, 1.54) is 30.2 Å². The highest BCUT2D eigenvalue weighted by atomic mass is 16.6. The monoisotopic (exact) mass is 481 g/mol. The Kier molecular flexibility index (Phi) is 7.42. The van der Waals surface area contributed by atoms with E-state index in [1.54, 1.807) is 30.3 Å². The molecule has 10 heteroatoms. The van der Waals surface area contributed by atoms with Crippen LogP contribution in [-0.4, -0.2) is 78.0 Å². The quantitative estimate of drug-likeness (QED) is 0.201. The first-order valence-corrected chi connectivity index (χ1v) is 11.4. The number of aliphatic hydroxyl groups is 1. The van der Waals surface area contributed by atoms with Gasteiger partial charge < -0.3 is 19.5 Å². The fourth-order valence-corrected chi connectivity index (χ4v) is 4.46. The minimum Gasteiger partial charge on any atom is -0.507 e. The maximum absolute atomic E-state index is 13.1. The molecule has 1 unspecified atom stereocenters. The summed E-state index contributed by atoms with van der Waals surface area (Å²) < 4.78 is 10.5. The van der Waals surface area contributed by atoms with E-state index in [0.29, 0.717) is 43.1 Å². The van der Waals surface area contributed by atoms with Crippen molar-refractivity contribution in [2.24, 2.45) is 0 Å². The molecule has 0 aliphatic carbocycles. The van der Waals surface area contributed by atoms with Gasteiger partial charge in [-0.05, 0) is 36.2 Å². The van der Waals surface area contributed by atoms with Crippen LogP contribution < -0.4 is 4.74 Å². The Hall–Kier alpha value is -3.76. The van der Waals surface area contributed by atoms with Gasteiger partial charge in [0.15, 0.2) is 0 Å². The van der Waals surface area contributed by atoms with Gasteiger partial charge in [-0.15, -0.1) is 0 Å². The van der Waals surface area contributed by atoms with Crippen LogP contribution in [0.15, 0.2) is 54.1 Å². The molecule has 10 nitrogen and oxygen atoms in total. The number of nitrogens with zero attached hydrogens (tertiary/aromatic N) is 3. The third-order valence-corrected chi connectivity index (χ3v) is 6.28. The molecule has 2 aliphatic heterocycles. The van der Waals surface area contributed by atoms with Crippen molar-refractivity contribution in [3.05, 3.63) is 75.3 Å². The predicted molar refractivity (Wildman–Crippen MR) is 127 cm³/mol. The van der Waals surface area contributed by atoms with Gasteiger partial charge in [0.1, 0.15) is 11.5 Å². The first-order chi connectivity index (χ1) is 16.9. The molecule has 0 saturated carbocycles. The maximum Gasteiger partial charge on any atom is 0.295 e. The fraction of sp³-hybridized carbons (Fsp3) is 0.360. The number of hydrogen-bond donors (Lipinski definition) is 1. The van der Waals surface area contributed by atoms with Gasteiger partial charge in [0.05, 0.1) is 36.9 Å². The van der Waals surface area contributed by atoms with Gasteiger partial charge in [-0.3, -0.25) is 24.6 Å². The zero-order valence-corrected chi connectivity index (χ0v) is 19.4. The Balaban J connectivity index is 1.70. The summed E-state index contributed by atoms with van der Waals surface area (Å²) in [4.78, 5) is 40.7. The fourth-order valence-electron chi connectivity index (χ4n) is 4.46. The summed E-state index contributed by atoms with van der Waals surface area (Å²) in [6, 6.07) is 11.3. The van der Waals surface area contributed by atoms with E-state index in [1.807, 2.05) is 0 Å². The normalized spacial score (nSPS) is 20.3. The maximum atomic E-state index is 13.1. The molecule has 2 aliphatic rings. The van der Waals surface area contributed by atoms with Crippen LogP contribution in [0.5, 0.6) is 5.75 Å². The van der Waals surface area contributed by atoms with Crippen LogP contribution in [0, 0.1) is 10.1 Å². The molecule has 1 atom stereocenters. The number of methoxy groups -OCH3 is 1. The summed E-state index contributed by atoms with van der Waals surface area (Å²) in [5.41, 5.74) is 0.477. The summed E-state index contributed by atoms with van der Waals surface area (Å²) in [6.45, 7) is 3.87. The molecule has 2 aromatic rings. The zero-order valence-electron chi connectivity index (χ0n) is 19.4. The number of benzene rings is 2. The molecule has 1 amide bonds. The Bertz CT molecular complexity index is 1140. The lowest BCUT2D eigenvalue weighted by molar-refractivity contribution is -0.384. The second kappa shape index (κ2) is 10.7. The highest BCUT2D eigenvalue weighted by Gasteiger charge is 2.46. The van der Waals surface area contributed by atoms with E-state index >= 15 is 0 Å². The molecule has 2 saturated heterocycles. The summed E-state index contributed by atoms with van der Waals surface area (Å²) in [5.74, 6) is -1.32. The molecule has 184 valence electrons. The summed E-state index contributed by atoms with van der Waals surface area (Å²) >= 11 is 0. The number of Topliss-reactive ketones (excluding diaryl/α,β-unsaturated/α-hetero) is 1. The molecule has 1 N–H and O–H groups in total. The van der Waals surface area contributed by atoms with Gasteiger partial charge in [0.2, 0.25) is 0 Å². The molecule has 35 heavy (non-hydrogen) atoms. The minimum atomic E-state index is -0.943. The number of carbonyl (C=O) groups is 2. The topological polar surface area (TPSA) is 122 Å². The first-order valence-electron chi connectivity index (χ1n) is 11.4. The van der Waals surface area contributed by atoms with Crippen molar-refractivity contribution in [1.82, 2.24) is 9.80 Å². The van der Waals surface area contributed by atoms with Crippen molar-refractivity contribution < 1.29 is 29.1 Å². The van der Waals surface area contributed by atoms with Gasteiger partial charge in [-0.1, -0.05) is 12.1 Å². The Labute approximate surface area is 202 Å². The number of aliphatic hydroxyl groups excluding tert-OH is 1. The number of hydrogen-bond acceptors (Lipinski definition) is 8. The third kappa shape index (κ3) is 5.18. The van der Waals surface area contributed by atoms with E-state index in [9.17, 15) is 24.8 Å². The molecular formula is C25H27N3O7. The van der Waals surface area contributed by atoms with E-state index in [-0.39, 0.29) is 23.6 Å². The van der Waals surface area contributed by atoms with Crippen molar-refractivity contribution in [2.45, 2.75) is 12.5 Å².